The van der Waals surface area contributed by atoms with Gasteiger partial charge in [-0.25, -0.2) is 4.39 Å². The summed E-state index contributed by atoms with van der Waals surface area (Å²) in [6, 6.07) is 5.64. The molecule has 0 fully saturated rings. The molecule has 0 saturated carbocycles. The molecular weight excluding hydrogens is 269 g/mol. The van der Waals surface area contributed by atoms with Crippen LogP contribution in [0.2, 0.25) is 0 Å². The minimum absolute atomic E-state index is 0.123. The van der Waals surface area contributed by atoms with Crippen LogP contribution < -0.4 is 10.1 Å². The number of carbonyl (C=O) groups is 1. The molecule has 0 aliphatic heterocycles. The van der Waals surface area contributed by atoms with Crippen molar-refractivity contribution in [3.63, 3.8) is 0 Å². The number of amides is 1. The number of hydrogen-bond acceptors (Lipinski definition) is 2. The predicted octanol–water partition coefficient (Wildman–Crippen LogP) is 3.92. The van der Waals surface area contributed by atoms with Gasteiger partial charge in [-0.1, -0.05) is 20.8 Å². The van der Waals surface area contributed by atoms with Crippen LogP contribution in [0.25, 0.3) is 0 Å². The van der Waals surface area contributed by atoms with Crippen molar-refractivity contribution in [1.82, 2.24) is 5.32 Å². The molecule has 0 aromatic heterocycles. The van der Waals surface area contributed by atoms with E-state index in [9.17, 15) is 9.18 Å². The zero-order chi connectivity index (χ0) is 16.3. The molecule has 0 bridgehead atoms. The quantitative estimate of drug-likeness (QED) is 0.894. The molecule has 1 unspecified atom stereocenters. The van der Waals surface area contributed by atoms with Crippen LogP contribution >= 0.6 is 0 Å². The lowest BCUT2D eigenvalue weighted by molar-refractivity contribution is -0.129. The Kier molecular flexibility index (Phi) is 5.37. The van der Waals surface area contributed by atoms with E-state index in [1.54, 1.807) is 6.92 Å². The number of halogens is 1. The maximum absolute atomic E-state index is 12.8. The van der Waals surface area contributed by atoms with Crippen molar-refractivity contribution < 1.29 is 13.9 Å². The van der Waals surface area contributed by atoms with Gasteiger partial charge in [-0.05, 0) is 56.9 Å². The largest absolute Gasteiger partial charge is 0.481 e. The van der Waals surface area contributed by atoms with Crippen LogP contribution in [0.4, 0.5) is 4.39 Å². The lowest BCUT2D eigenvalue weighted by Gasteiger charge is -2.34. The van der Waals surface area contributed by atoms with E-state index in [0.717, 1.165) is 6.42 Å². The van der Waals surface area contributed by atoms with Crippen LogP contribution in [-0.2, 0) is 4.79 Å². The Balaban J connectivity index is 2.60. The van der Waals surface area contributed by atoms with Crippen molar-refractivity contribution in [3.8, 4) is 5.75 Å². The van der Waals surface area contributed by atoms with Gasteiger partial charge in [0.25, 0.3) is 5.91 Å². The maximum atomic E-state index is 12.8. The second-order valence-corrected chi connectivity index (χ2v) is 7.32. The molecule has 0 aliphatic rings. The highest BCUT2D eigenvalue weighted by Crippen LogP contribution is 2.27. The molecule has 0 spiro atoms. The van der Waals surface area contributed by atoms with Gasteiger partial charge in [-0.15, -0.1) is 0 Å². The van der Waals surface area contributed by atoms with Gasteiger partial charge in [0.2, 0.25) is 0 Å². The monoisotopic (exact) mass is 295 g/mol. The third-order valence-electron chi connectivity index (χ3n) is 2.93. The molecule has 1 amide bonds. The standard InChI is InChI=1S/C17H26FNO2/c1-12(21-14-9-7-13(18)8-10-14)15(20)19-17(5,6)11-16(2,3)4/h7-10,12H,11H2,1-6H3,(H,19,20). The number of carbonyl (C=O) groups excluding carboxylic acids is 1. The van der Waals surface area contributed by atoms with Gasteiger partial charge in [0.05, 0.1) is 0 Å². The third-order valence-corrected chi connectivity index (χ3v) is 2.93. The van der Waals surface area contributed by atoms with Crippen molar-refractivity contribution in [2.75, 3.05) is 0 Å². The summed E-state index contributed by atoms with van der Waals surface area (Å²) in [5.74, 6) is -0.0213. The molecule has 1 atom stereocenters. The fraction of sp³-hybridized carbons (Fsp3) is 0.588. The van der Waals surface area contributed by atoms with Gasteiger partial charge in [0.15, 0.2) is 6.10 Å². The first-order valence-corrected chi connectivity index (χ1v) is 7.23. The maximum Gasteiger partial charge on any atom is 0.261 e. The van der Waals surface area contributed by atoms with Crippen molar-refractivity contribution in [2.45, 2.75) is 59.6 Å². The van der Waals surface area contributed by atoms with E-state index in [-0.39, 0.29) is 22.7 Å². The average Bonchev–Trinajstić information content (AvgIpc) is 2.28. The highest BCUT2D eigenvalue weighted by molar-refractivity contribution is 5.81. The summed E-state index contributed by atoms with van der Waals surface area (Å²) in [6.07, 6.45) is 0.226. The molecule has 21 heavy (non-hydrogen) atoms. The second-order valence-electron chi connectivity index (χ2n) is 7.32. The molecule has 4 heteroatoms. The number of hydrogen-bond donors (Lipinski definition) is 1. The second kappa shape index (κ2) is 6.46. The summed E-state index contributed by atoms with van der Waals surface area (Å²) in [5, 5.41) is 3.01. The minimum atomic E-state index is -0.630. The molecule has 0 radical (unpaired) electrons. The van der Waals surface area contributed by atoms with Crippen LogP contribution in [0.3, 0.4) is 0 Å². The highest BCUT2D eigenvalue weighted by Gasteiger charge is 2.29. The first-order valence-electron chi connectivity index (χ1n) is 7.23. The molecule has 0 saturated heterocycles. The smallest absolute Gasteiger partial charge is 0.261 e. The Morgan fingerprint density at radius 3 is 2.19 bits per heavy atom. The van der Waals surface area contributed by atoms with Gasteiger partial charge in [-0.3, -0.25) is 4.79 Å². The van der Waals surface area contributed by atoms with Gasteiger partial charge >= 0.3 is 0 Å². The normalized spacial score (nSPS) is 13.7. The summed E-state index contributed by atoms with van der Waals surface area (Å²) in [7, 11) is 0. The zero-order valence-electron chi connectivity index (χ0n) is 13.8. The SMILES string of the molecule is CC(Oc1ccc(F)cc1)C(=O)NC(C)(C)CC(C)(C)C. The fourth-order valence-corrected chi connectivity index (χ4v) is 2.58. The van der Waals surface area contributed by atoms with Crippen LogP contribution in [0, 0.1) is 11.2 Å². The van der Waals surface area contributed by atoms with Crippen LogP contribution in [0.1, 0.15) is 48.0 Å². The molecule has 1 N–H and O–H groups in total. The molecule has 1 aromatic rings. The van der Waals surface area contributed by atoms with Gasteiger partial charge < -0.3 is 10.1 Å². The lowest BCUT2D eigenvalue weighted by atomic mass is 9.81. The predicted molar refractivity (Wildman–Crippen MR) is 82.8 cm³/mol. The van der Waals surface area contributed by atoms with Crippen molar-refractivity contribution in [1.29, 1.82) is 0 Å². The van der Waals surface area contributed by atoms with E-state index in [1.165, 1.54) is 24.3 Å². The average molecular weight is 295 g/mol. The summed E-state index contributed by atoms with van der Waals surface area (Å²) >= 11 is 0. The van der Waals surface area contributed by atoms with Gasteiger partial charge in [-0.2, -0.15) is 0 Å². The molecule has 1 rings (SSSR count). The number of benzene rings is 1. The Morgan fingerprint density at radius 2 is 1.71 bits per heavy atom. The van der Waals surface area contributed by atoms with Crippen molar-refractivity contribution in [3.05, 3.63) is 30.1 Å². The third kappa shape index (κ3) is 6.61. The summed E-state index contributed by atoms with van der Waals surface area (Å²) in [4.78, 5) is 12.2. The van der Waals surface area contributed by atoms with Crippen molar-refractivity contribution in [2.24, 2.45) is 5.41 Å². The molecule has 118 valence electrons. The summed E-state index contributed by atoms with van der Waals surface area (Å²) in [5.41, 5.74) is -0.187. The highest BCUT2D eigenvalue weighted by atomic mass is 19.1. The number of nitrogens with one attached hydrogen (secondary N) is 1. The van der Waals surface area contributed by atoms with Gasteiger partial charge in [0.1, 0.15) is 11.6 Å². The van der Waals surface area contributed by atoms with E-state index in [4.69, 9.17) is 4.74 Å². The summed E-state index contributed by atoms with van der Waals surface area (Å²) < 4.78 is 18.4. The molecule has 3 nitrogen and oxygen atoms in total. The van der Waals surface area contributed by atoms with E-state index in [0.29, 0.717) is 5.75 Å². The number of rotatable bonds is 5. The van der Waals surface area contributed by atoms with E-state index < -0.39 is 6.10 Å². The Morgan fingerprint density at radius 1 is 1.19 bits per heavy atom. The lowest BCUT2D eigenvalue weighted by Crippen LogP contribution is -2.50. The van der Waals surface area contributed by atoms with Crippen molar-refractivity contribution >= 4 is 5.91 Å². The van der Waals surface area contributed by atoms with E-state index >= 15 is 0 Å². The first kappa shape index (κ1) is 17.5. The Bertz CT molecular complexity index is 475. The van der Waals surface area contributed by atoms with Gasteiger partial charge in [0, 0.05) is 5.54 Å². The Labute approximate surface area is 126 Å². The summed E-state index contributed by atoms with van der Waals surface area (Å²) in [6.45, 7) is 12.1. The fourth-order valence-electron chi connectivity index (χ4n) is 2.58. The van der Waals surface area contributed by atoms with E-state index in [1.807, 2.05) is 13.8 Å². The molecule has 0 aliphatic carbocycles. The molecule has 1 aromatic carbocycles. The Hall–Kier alpha value is -1.58. The molecular formula is C17H26FNO2. The zero-order valence-corrected chi connectivity index (χ0v) is 13.8. The van der Waals surface area contributed by atoms with Crippen LogP contribution in [-0.4, -0.2) is 17.6 Å². The van der Waals surface area contributed by atoms with Crippen LogP contribution in [0.5, 0.6) is 5.75 Å². The number of ether oxygens (including phenoxy) is 1. The minimum Gasteiger partial charge on any atom is -0.481 e. The topological polar surface area (TPSA) is 38.3 Å². The first-order chi connectivity index (χ1) is 9.48. The molecule has 0 heterocycles. The van der Waals surface area contributed by atoms with E-state index in [2.05, 4.69) is 26.1 Å². The van der Waals surface area contributed by atoms with Crippen LogP contribution in [0.15, 0.2) is 24.3 Å².